The number of anilines is 1. The first-order chi connectivity index (χ1) is 12.4. The average molecular weight is 376 g/mol. The summed E-state index contributed by atoms with van der Waals surface area (Å²) in [7, 11) is 1.53. The van der Waals surface area contributed by atoms with Crippen molar-refractivity contribution in [3.8, 4) is 11.5 Å². The molecule has 2 rings (SSSR count). The molecular weight excluding hydrogens is 350 g/mol. The molecule has 1 N–H and O–H groups in total. The Bertz CT molecular complexity index is 787. The second-order valence-electron chi connectivity index (χ2n) is 6.49. The topological polar surface area (TPSA) is 47.6 Å². The van der Waals surface area contributed by atoms with E-state index in [9.17, 15) is 4.79 Å². The molecule has 0 aliphatic heterocycles. The van der Waals surface area contributed by atoms with Crippen molar-refractivity contribution in [3.05, 3.63) is 52.0 Å². The van der Waals surface area contributed by atoms with Gasteiger partial charge in [0.05, 0.1) is 18.7 Å². The van der Waals surface area contributed by atoms with Crippen LogP contribution in [-0.4, -0.2) is 19.6 Å². The molecule has 5 heteroatoms. The van der Waals surface area contributed by atoms with Crippen LogP contribution in [0.3, 0.4) is 0 Å². The SMILES string of the molecule is CCCOc1c(Cl)cc(C(=O)Nc2c(C)cccc2C(C)C)cc1OC. The maximum Gasteiger partial charge on any atom is 0.255 e. The normalized spacial score (nSPS) is 10.7. The summed E-state index contributed by atoms with van der Waals surface area (Å²) in [6, 6.07) is 9.27. The van der Waals surface area contributed by atoms with Gasteiger partial charge in [0.1, 0.15) is 0 Å². The highest BCUT2D eigenvalue weighted by atomic mass is 35.5. The Morgan fingerprint density at radius 1 is 1.27 bits per heavy atom. The first-order valence-corrected chi connectivity index (χ1v) is 9.18. The number of ether oxygens (including phenoxy) is 2. The van der Waals surface area contributed by atoms with E-state index in [4.69, 9.17) is 21.1 Å². The van der Waals surface area contributed by atoms with Crippen LogP contribution in [0.25, 0.3) is 0 Å². The minimum absolute atomic E-state index is 0.233. The lowest BCUT2D eigenvalue weighted by molar-refractivity contribution is 0.102. The van der Waals surface area contributed by atoms with Crippen molar-refractivity contribution < 1.29 is 14.3 Å². The molecule has 0 saturated carbocycles. The second-order valence-corrected chi connectivity index (χ2v) is 6.89. The summed E-state index contributed by atoms with van der Waals surface area (Å²) in [5, 5.41) is 3.38. The Balaban J connectivity index is 2.35. The van der Waals surface area contributed by atoms with E-state index in [-0.39, 0.29) is 5.91 Å². The minimum atomic E-state index is -0.233. The number of benzene rings is 2. The van der Waals surface area contributed by atoms with Gasteiger partial charge < -0.3 is 14.8 Å². The van der Waals surface area contributed by atoms with Crippen LogP contribution >= 0.6 is 11.6 Å². The molecule has 0 unspecified atom stereocenters. The largest absolute Gasteiger partial charge is 0.493 e. The Morgan fingerprint density at radius 3 is 2.62 bits per heavy atom. The molecule has 0 heterocycles. The number of carbonyl (C=O) groups is 1. The lowest BCUT2D eigenvalue weighted by Crippen LogP contribution is -2.15. The van der Waals surface area contributed by atoms with Gasteiger partial charge in [-0.1, -0.05) is 50.6 Å². The third kappa shape index (κ3) is 4.50. The van der Waals surface area contributed by atoms with Gasteiger partial charge in [0, 0.05) is 11.3 Å². The van der Waals surface area contributed by atoms with Crippen LogP contribution in [0.2, 0.25) is 5.02 Å². The third-order valence-corrected chi connectivity index (χ3v) is 4.39. The van der Waals surface area contributed by atoms with Crippen LogP contribution in [0.1, 0.15) is 54.6 Å². The zero-order valence-electron chi connectivity index (χ0n) is 16.0. The number of hydrogen-bond acceptors (Lipinski definition) is 3. The molecule has 2 aromatic rings. The highest BCUT2D eigenvalue weighted by molar-refractivity contribution is 6.32. The number of methoxy groups -OCH3 is 1. The van der Waals surface area contributed by atoms with E-state index < -0.39 is 0 Å². The molecule has 140 valence electrons. The molecule has 26 heavy (non-hydrogen) atoms. The minimum Gasteiger partial charge on any atom is -0.493 e. The van der Waals surface area contributed by atoms with E-state index in [0.29, 0.717) is 34.6 Å². The van der Waals surface area contributed by atoms with Crippen LogP contribution in [-0.2, 0) is 0 Å². The Kier molecular flexibility index (Phi) is 6.92. The fraction of sp³-hybridized carbons (Fsp3) is 0.381. The molecule has 0 spiro atoms. The molecule has 0 fully saturated rings. The van der Waals surface area contributed by atoms with E-state index in [1.165, 1.54) is 7.11 Å². The lowest BCUT2D eigenvalue weighted by atomic mass is 9.98. The zero-order chi connectivity index (χ0) is 19.3. The van der Waals surface area contributed by atoms with E-state index in [1.807, 2.05) is 32.0 Å². The van der Waals surface area contributed by atoms with Crippen LogP contribution in [0, 0.1) is 6.92 Å². The van der Waals surface area contributed by atoms with Gasteiger partial charge in [-0.2, -0.15) is 0 Å². The molecule has 0 bridgehead atoms. The van der Waals surface area contributed by atoms with Crippen molar-refractivity contribution in [2.24, 2.45) is 0 Å². The molecule has 2 aromatic carbocycles. The molecule has 0 aliphatic rings. The van der Waals surface area contributed by atoms with Gasteiger partial charge >= 0.3 is 0 Å². The molecule has 0 aliphatic carbocycles. The highest BCUT2D eigenvalue weighted by Gasteiger charge is 2.18. The van der Waals surface area contributed by atoms with Crippen LogP contribution < -0.4 is 14.8 Å². The van der Waals surface area contributed by atoms with Crippen molar-refractivity contribution in [2.45, 2.75) is 40.0 Å². The quantitative estimate of drug-likeness (QED) is 0.663. The number of carbonyl (C=O) groups excluding carboxylic acids is 1. The molecule has 0 saturated heterocycles. The Hall–Kier alpha value is -2.20. The van der Waals surface area contributed by atoms with Crippen molar-refractivity contribution >= 4 is 23.2 Å². The van der Waals surface area contributed by atoms with Gasteiger partial charge in [0.25, 0.3) is 5.91 Å². The number of aryl methyl sites for hydroxylation is 1. The second kappa shape index (κ2) is 8.95. The summed E-state index contributed by atoms with van der Waals surface area (Å²) in [6.45, 7) is 8.73. The standard InChI is InChI=1S/C21H26ClNO3/c1-6-10-26-20-17(22)11-15(12-18(20)25-5)21(24)23-19-14(4)8-7-9-16(19)13(2)3/h7-9,11-13H,6,10H2,1-5H3,(H,23,24). The monoisotopic (exact) mass is 375 g/mol. The van der Waals surface area contributed by atoms with Gasteiger partial charge in [-0.15, -0.1) is 0 Å². The number of amides is 1. The van der Waals surface area contributed by atoms with Gasteiger partial charge in [-0.3, -0.25) is 4.79 Å². The molecular formula is C21H26ClNO3. The van der Waals surface area contributed by atoms with Crippen molar-refractivity contribution in [2.75, 3.05) is 19.0 Å². The fourth-order valence-electron chi connectivity index (χ4n) is 2.72. The number of rotatable bonds is 7. The number of hydrogen-bond donors (Lipinski definition) is 1. The van der Waals surface area contributed by atoms with Gasteiger partial charge in [-0.05, 0) is 42.5 Å². The number of nitrogens with one attached hydrogen (secondary N) is 1. The summed E-state index contributed by atoms with van der Waals surface area (Å²) >= 11 is 6.32. The van der Waals surface area contributed by atoms with Crippen molar-refractivity contribution in [1.29, 1.82) is 0 Å². The summed E-state index contributed by atoms with van der Waals surface area (Å²) in [5.41, 5.74) is 3.38. The molecule has 1 amide bonds. The smallest absolute Gasteiger partial charge is 0.255 e. The third-order valence-electron chi connectivity index (χ3n) is 4.11. The van der Waals surface area contributed by atoms with E-state index in [2.05, 4.69) is 19.2 Å². The van der Waals surface area contributed by atoms with E-state index in [1.54, 1.807) is 12.1 Å². The molecule has 0 atom stereocenters. The number of halogens is 1. The van der Waals surface area contributed by atoms with Crippen LogP contribution in [0.5, 0.6) is 11.5 Å². The maximum atomic E-state index is 12.8. The predicted octanol–water partition coefficient (Wildman–Crippen LogP) is 5.82. The van der Waals surface area contributed by atoms with Gasteiger partial charge in [0.15, 0.2) is 11.5 Å². The first kappa shape index (κ1) is 20.1. The first-order valence-electron chi connectivity index (χ1n) is 8.80. The fourth-order valence-corrected chi connectivity index (χ4v) is 2.99. The van der Waals surface area contributed by atoms with Crippen LogP contribution in [0.4, 0.5) is 5.69 Å². The van der Waals surface area contributed by atoms with Gasteiger partial charge in [0.2, 0.25) is 0 Å². The van der Waals surface area contributed by atoms with Gasteiger partial charge in [-0.25, -0.2) is 0 Å². The zero-order valence-corrected chi connectivity index (χ0v) is 16.7. The number of para-hydroxylation sites is 1. The maximum absolute atomic E-state index is 12.8. The molecule has 4 nitrogen and oxygen atoms in total. The van der Waals surface area contributed by atoms with Crippen molar-refractivity contribution in [1.82, 2.24) is 0 Å². The Labute approximate surface area is 160 Å². The molecule has 0 radical (unpaired) electrons. The van der Waals surface area contributed by atoms with E-state index in [0.717, 1.165) is 23.2 Å². The lowest BCUT2D eigenvalue weighted by Gasteiger charge is -2.17. The Morgan fingerprint density at radius 2 is 2.00 bits per heavy atom. The van der Waals surface area contributed by atoms with Crippen LogP contribution in [0.15, 0.2) is 30.3 Å². The van der Waals surface area contributed by atoms with E-state index >= 15 is 0 Å². The summed E-state index contributed by atoms with van der Waals surface area (Å²) in [5.74, 6) is 0.980. The predicted molar refractivity (Wildman–Crippen MR) is 107 cm³/mol. The van der Waals surface area contributed by atoms with Crippen molar-refractivity contribution in [3.63, 3.8) is 0 Å². The summed E-state index contributed by atoms with van der Waals surface area (Å²) in [4.78, 5) is 12.8. The average Bonchev–Trinajstić information content (AvgIpc) is 2.61. The summed E-state index contributed by atoms with van der Waals surface area (Å²) < 4.78 is 11.0. The molecule has 0 aromatic heterocycles. The summed E-state index contributed by atoms with van der Waals surface area (Å²) in [6.07, 6.45) is 0.854. The highest BCUT2D eigenvalue weighted by Crippen LogP contribution is 2.37.